The number of hydrogen-bond acceptors (Lipinski definition) is 3. The van der Waals surface area contributed by atoms with Crippen LogP contribution >= 0.6 is 0 Å². The monoisotopic (exact) mass is 363 g/mol. The lowest BCUT2D eigenvalue weighted by Crippen LogP contribution is -2.30. The zero-order valence-corrected chi connectivity index (χ0v) is 15.8. The third-order valence-electron chi connectivity index (χ3n) is 4.61. The first-order valence-corrected chi connectivity index (χ1v) is 9.25. The number of aliphatic hydroxyl groups excluding tert-OH is 1. The summed E-state index contributed by atoms with van der Waals surface area (Å²) in [4.78, 5) is 14.8. The van der Waals surface area contributed by atoms with Gasteiger partial charge in [-0.25, -0.2) is 0 Å². The lowest BCUT2D eigenvalue weighted by molar-refractivity contribution is 0.0752. The molecule has 140 valence electrons. The van der Waals surface area contributed by atoms with Crippen LogP contribution < -0.4 is 0 Å². The maximum atomic E-state index is 13.0. The number of aliphatic hydroxyl groups is 1. The van der Waals surface area contributed by atoms with Gasteiger partial charge in [-0.1, -0.05) is 30.3 Å². The van der Waals surface area contributed by atoms with Crippen molar-refractivity contribution in [2.24, 2.45) is 0 Å². The first-order valence-electron chi connectivity index (χ1n) is 9.25. The summed E-state index contributed by atoms with van der Waals surface area (Å²) in [5, 5.41) is 13.6. The quantitative estimate of drug-likeness (QED) is 0.696. The Balaban J connectivity index is 1.82. The maximum absolute atomic E-state index is 13.0. The summed E-state index contributed by atoms with van der Waals surface area (Å²) in [6, 6.07) is 15.4. The van der Waals surface area contributed by atoms with Gasteiger partial charge in [0.2, 0.25) is 0 Å². The predicted molar refractivity (Wildman–Crippen MR) is 106 cm³/mol. The van der Waals surface area contributed by atoms with Crippen LogP contribution in [0.4, 0.5) is 0 Å². The number of nitrogens with zero attached hydrogens (tertiary/aromatic N) is 3. The molecular weight excluding hydrogens is 338 g/mol. The molecule has 27 heavy (non-hydrogen) atoms. The van der Waals surface area contributed by atoms with Gasteiger partial charge in [-0.3, -0.25) is 9.48 Å². The zero-order valence-electron chi connectivity index (χ0n) is 15.8. The fourth-order valence-electron chi connectivity index (χ4n) is 3.07. The van der Waals surface area contributed by atoms with E-state index in [2.05, 4.69) is 5.10 Å². The zero-order chi connectivity index (χ0) is 19.2. The molecule has 5 heteroatoms. The fourth-order valence-corrected chi connectivity index (χ4v) is 3.07. The highest BCUT2D eigenvalue weighted by Gasteiger charge is 2.16. The highest BCUT2D eigenvalue weighted by Crippen LogP contribution is 2.22. The van der Waals surface area contributed by atoms with Crippen molar-refractivity contribution in [2.45, 2.75) is 33.5 Å². The topological polar surface area (TPSA) is 58.4 Å². The largest absolute Gasteiger partial charge is 0.392 e. The summed E-state index contributed by atoms with van der Waals surface area (Å²) in [5.74, 6) is 0.00177. The summed E-state index contributed by atoms with van der Waals surface area (Å²) in [6.45, 7) is 6.00. The van der Waals surface area contributed by atoms with E-state index in [1.54, 1.807) is 0 Å². The van der Waals surface area contributed by atoms with Crippen molar-refractivity contribution < 1.29 is 9.90 Å². The summed E-state index contributed by atoms with van der Waals surface area (Å²) >= 11 is 0. The van der Waals surface area contributed by atoms with E-state index < -0.39 is 0 Å². The van der Waals surface area contributed by atoms with Crippen LogP contribution in [-0.2, 0) is 19.7 Å². The minimum atomic E-state index is 0.00150. The Labute approximate surface area is 159 Å². The van der Waals surface area contributed by atoms with E-state index in [-0.39, 0.29) is 12.5 Å². The first-order chi connectivity index (χ1) is 13.1. The van der Waals surface area contributed by atoms with Gasteiger partial charge in [-0.05, 0) is 48.7 Å². The highest BCUT2D eigenvalue weighted by molar-refractivity contribution is 5.95. The summed E-state index contributed by atoms with van der Waals surface area (Å²) < 4.78 is 1.86. The smallest absolute Gasteiger partial charge is 0.254 e. The number of hydrogen-bond donors (Lipinski definition) is 1. The second-order valence-electron chi connectivity index (χ2n) is 6.46. The van der Waals surface area contributed by atoms with Crippen LogP contribution in [0.3, 0.4) is 0 Å². The van der Waals surface area contributed by atoms with Crippen LogP contribution in [0.5, 0.6) is 0 Å². The van der Waals surface area contributed by atoms with Crippen molar-refractivity contribution in [2.75, 3.05) is 6.54 Å². The SMILES string of the molecule is CCN(Cc1cnn(CC)c1)C(=O)c1cccc(-c2cccc(CO)c2)c1. The van der Waals surface area contributed by atoms with Crippen molar-refractivity contribution in [3.63, 3.8) is 0 Å². The Bertz CT molecular complexity index is 917. The van der Waals surface area contributed by atoms with Gasteiger partial charge in [-0.15, -0.1) is 0 Å². The van der Waals surface area contributed by atoms with Crippen LogP contribution in [0.1, 0.15) is 35.3 Å². The molecule has 1 N–H and O–H groups in total. The van der Waals surface area contributed by atoms with E-state index in [4.69, 9.17) is 0 Å². The Morgan fingerprint density at radius 2 is 1.81 bits per heavy atom. The molecule has 1 amide bonds. The van der Waals surface area contributed by atoms with Gasteiger partial charge in [0.05, 0.1) is 12.8 Å². The first kappa shape index (κ1) is 18.9. The van der Waals surface area contributed by atoms with E-state index in [0.717, 1.165) is 28.8 Å². The fraction of sp³-hybridized carbons (Fsp3) is 0.273. The molecule has 1 aromatic heterocycles. The standard InChI is InChI=1S/C22H25N3O2/c1-3-24(14-18-13-23-25(4-2)15-18)22(27)21-10-6-9-20(12-21)19-8-5-7-17(11-19)16-26/h5-13,15,26H,3-4,14,16H2,1-2H3. The van der Waals surface area contributed by atoms with E-state index in [1.165, 1.54) is 0 Å². The molecule has 1 heterocycles. The molecule has 3 aromatic rings. The third kappa shape index (κ3) is 4.44. The molecule has 0 fully saturated rings. The van der Waals surface area contributed by atoms with Crippen LogP contribution in [0.15, 0.2) is 60.9 Å². The van der Waals surface area contributed by atoms with E-state index >= 15 is 0 Å². The lowest BCUT2D eigenvalue weighted by Gasteiger charge is -2.20. The van der Waals surface area contributed by atoms with Crippen molar-refractivity contribution in [3.8, 4) is 11.1 Å². The number of aryl methyl sites for hydroxylation is 1. The van der Waals surface area contributed by atoms with Gasteiger partial charge in [0.15, 0.2) is 0 Å². The van der Waals surface area contributed by atoms with Gasteiger partial charge in [0.25, 0.3) is 5.91 Å². The molecule has 3 rings (SSSR count). The van der Waals surface area contributed by atoms with E-state index in [9.17, 15) is 9.90 Å². The second kappa shape index (κ2) is 8.64. The molecule has 0 aliphatic carbocycles. The Hall–Kier alpha value is -2.92. The highest BCUT2D eigenvalue weighted by atomic mass is 16.3. The molecule has 0 bridgehead atoms. The van der Waals surface area contributed by atoms with Crippen molar-refractivity contribution in [1.29, 1.82) is 0 Å². The Kier molecular flexibility index (Phi) is 6.04. The molecule has 0 aliphatic heterocycles. The maximum Gasteiger partial charge on any atom is 0.254 e. The van der Waals surface area contributed by atoms with Crippen LogP contribution in [0.25, 0.3) is 11.1 Å². The molecule has 0 radical (unpaired) electrons. The lowest BCUT2D eigenvalue weighted by atomic mass is 10.0. The number of rotatable bonds is 7. The molecule has 0 aliphatic rings. The van der Waals surface area contributed by atoms with Crippen LogP contribution in [0, 0.1) is 0 Å². The average molecular weight is 363 g/mol. The molecule has 0 saturated heterocycles. The summed E-state index contributed by atoms with van der Waals surface area (Å²) in [7, 11) is 0. The third-order valence-corrected chi connectivity index (χ3v) is 4.61. The molecule has 2 aromatic carbocycles. The summed E-state index contributed by atoms with van der Waals surface area (Å²) in [6.07, 6.45) is 3.79. The predicted octanol–water partition coefficient (Wildman–Crippen LogP) is 3.72. The Morgan fingerprint density at radius 1 is 1.07 bits per heavy atom. The normalized spacial score (nSPS) is 10.8. The van der Waals surface area contributed by atoms with Crippen LogP contribution in [-0.4, -0.2) is 32.2 Å². The molecule has 0 atom stereocenters. The van der Waals surface area contributed by atoms with E-state index in [1.807, 2.05) is 84.4 Å². The second-order valence-corrected chi connectivity index (χ2v) is 6.46. The van der Waals surface area contributed by atoms with Gasteiger partial charge >= 0.3 is 0 Å². The van der Waals surface area contributed by atoms with Crippen molar-refractivity contribution >= 4 is 5.91 Å². The van der Waals surface area contributed by atoms with Gasteiger partial charge in [0.1, 0.15) is 0 Å². The van der Waals surface area contributed by atoms with E-state index in [0.29, 0.717) is 18.7 Å². The van der Waals surface area contributed by atoms with Crippen LogP contribution in [0.2, 0.25) is 0 Å². The van der Waals surface area contributed by atoms with Gasteiger partial charge in [0, 0.05) is 37.0 Å². The van der Waals surface area contributed by atoms with Crippen molar-refractivity contribution in [3.05, 3.63) is 77.6 Å². The molecule has 0 spiro atoms. The van der Waals surface area contributed by atoms with Gasteiger partial charge in [-0.2, -0.15) is 5.10 Å². The average Bonchev–Trinajstić information content (AvgIpc) is 3.19. The minimum absolute atomic E-state index is 0.00150. The minimum Gasteiger partial charge on any atom is -0.392 e. The molecular formula is C22H25N3O2. The van der Waals surface area contributed by atoms with Crippen molar-refractivity contribution in [1.82, 2.24) is 14.7 Å². The molecule has 5 nitrogen and oxygen atoms in total. The van der Waals surface area contributed by atoms with Gasteiger partial charge < -0.3 is 10.0 Å². The number of carbonyl (C=O) groups is 1. The number of aromatic nitrogens is 2. The molecule has 0 saturated carbocycles. The number of carbonyl (C=O) groups excluding carboxylic acids is 1. The number of benzene rings is 2. The Morgan fingerprint density at radius 3 is 2.48 bits per heavy atom. The molecule has 0 unspecified atom stereocenters. The number of amides is 1. The summed E-state index contributed by atoms with van der Waals surface area (Å²) in [5.41, 5.74) is 4.49.